The van der Waals surface area contributed by atoms with E-state index >= 15 is 0 Å². The molecule has 0 unspecified atom stereocenters. The van der Waals surface area contributed by atoms with E-state index in [1.807, 2.05) is 0 Å². The van der Waals surface area contributed by atoms with Crippen LogP contribution in [0.2, 0.25) is 0 Å². The molecule has 3 rings (SSSR count). The van der Waals surface area contributed by atoms with Crippen LogP contribution in [-0.4, -0.2) is 19.2 Å². The summed E-state index contributed by atoms with van der Waals surface area (Å²) in [4.78, 5) is 11.0. The van der Waals surface area contributed by atoms with Crippen LogP contribution in [0.3, 0.4) is 0 Å². The zero-order valence-corrected chi connectivity index (χ0v) is 26.2. The lowest BCUT2D eigenvalue weighted by Crippen LogP contribution is -2.01. The summed E-state index contributed by atoms with van der Waals surface area (Å²) >= 11 is 0. The molecule has 0 bridgehead atoms. The third kappa shape index (κ3) is 13.3. The molecule has 3 nitrogen and oxygen atoms in total. The van der Waals surface area contributed by atoms with Crippen LogP contribution in [-0.2, 0) is 16.0 Å². The highest BCUT2D eigenvalue weighted by Gasteiger charge is 2.04. The SMILES string of the molecule is C=CC(=O)OCCCCCCCCCCCCOc1ccc2cc(-c3ccc(CCCCCCCC)cc3)ccc2c1. The molecule has 0 spiro atoms. The van der Waals surface area contributed by atoms with Crippen molar-refractivity contribution >= 4 is 16.7 Å². The Kier molecular flexibility index (Phi) is 16.5. The Hall–Kier alpha value is -3.07. The summed E-state index contributed by atoms with van der Waals surface area (Å²) in [5, 5.41) is 2.49. The summed E-state index contributed by atoms with van der Waals surface area (Å²) in [6.07, 6.45) is 22.6. The zero-order valence-electron chi connectivity index (χ0n) is 26.2. The van der Waals surface area contributed by atoms with Crippen molar-refractivity contribution in [2.75, 3.05) is 13.2 Å². The average molecular weight is 571 g/mol. The fourth-order valence-corrected chi connectivity index (χ4v) is 5.51. The van der Waals surface area contributed by atoms with Crippen LogP contribution in [0.1, 0.15) is 115 Å². The molecule has 0 saturated heterocycles. The molecule has 0 radical (unpaired) electrons. The van der Waals surface area contributed by atoms with Gasteiger partial charge in [-0.25, -0.2) is 4.79 Å². The Morgan fingerprint density at radius 3 is 1.83 bits per heavy atom. The first-order chi connectivity index (χ1) is 20.7. The Labute approximate surface area is 255 Å². The van der Waals surface area contributed by atoms with Gasteiger partial charge in [-0.2, -0.15) is 0 Å². The fraction of sp³-hybridized carbons (Fsp3) is 0.513. The molecular formula is C39H54O3. The number of benzene rings is 3. The number of ether oxygens (including phenoxy) is 2. The first-order valence-corrected chi connectivity index (χ1v) is 16.7. The predicted octanol–water partition coefficient (Wildman–Crippen LogP) is 11.4. The van der Waals surface area contributed by atoms with Crippen molar-refractivity contribution < 1.29 is 14.3 Å². The number of fused-ring (bicyclic) bond motifs is 1. The second-order valence-corrected chi connectivity index (χ2v) is 11.7. The van der Waals surface area contributed by atoms with Crippen LogP contribution < -0.4 is 4.74 Å². The predicted molar refractivity (Wildman–Crippen MR) is 179 cm³/mol. The van der Waals surface area contributed by atoms with Gasteiger partial charge in [0, 0.05) is 6.08 Å². The van der Waals surface area contributed by atoms with E-state index in [0.717, 1.165) is 31.6 Å². The van der Waals surface area contributed by atoms with E-state index in [-0.39, 0.29) is 5.97 Å². The van der Waals surface area contributed by atoms with Gasteiger partial charge in [-0.1, -0.05) is 139 Å². The lowest BCUT2D eigenvalue weighted by atomic mass is 9.98. The van der Waals surface area contributed by atoms with Crippen LogP contribution in [0, 0.1) is 0 Å². The largest absolute Gasteiger partial charge is 0.494 e. The van der Waals surface area contributed by atoms with Crippen molar-refractivity contribution in [2.45, 2.75) is 116 Å². The summed E-state index contributed by atoms with van der Waals surface area (Å²) in [6, 6.07) is 22.4. The molecule has 228 valence electrons. The minimum absolute atomic E-state index is 0.318. The van der Waals surface area contributed by atoms with Gasteiger partial charge >= 0.3 is 5.97 Å². The quantitative estimate of drug-likeness (QED) is 0.0646. The van der Waals surface area contributed by atoms with Crippen LogP contribution in [0.4, 0.5) is 0 Å². The molecule has 42 heavy (non-hydrogen) atoms. The molecule has 0 N–H and O–H groups in total. The van der Waals surface area contributed by atoms with E-state index in [9.17, 15) is 4.79 Å². The molecule has 3 heteroatoms. The fourth-order valence-electron chi connectivity index (χ4n) is 5.51. The first-order valence-electron chi connectivity index (χ1n) is 16.7. The highest BCUT2D eigenvalue weighted by atomic mass is 16.5. The normalized spacial score (nSPS) is 11.1. The van der Waals surface area contributed by atoms with Gasteiger partial charge in [0.2, 0.25) is 0 Å². The van der Waals surface area contributed by atoms with Crippen LogP contribution >= 0.6 is 0 Å². The highest BCUT2D eigenvalue weighted by molar-refractivity contribution is 5.88. The van der Waals surface area contributed by atoms with Crippen molar-refractivity contribution in [3.63, 3.8) is 0 Å². The van der Waals surface area contributed by atoms with Crippen molar-refractivity contribution in [3.8, 4) is 16.9 Å². The summed E-state index contributed by atoms with van der Waals surface area (Å²) in [5.74, 6) is 0.649. The Morgan fingerprint density at radius 1 is 0.619 bits per heavy atom. The lowest BCUT2D eigenvalue weighted by molar-refractivity contribution is -0.137. The van der Waals surface area contributed by atoms with Crippen molar-refractivity contribution in [1.82, 2.24) is 0 Å². The Bertz CT molecular complexity index is 1160. The van der Waals surface area contributed by atoms with Gasteiger partial charge in [0.05, 0.1) is 13.2 Å². The van der Waals surface area contributed by atoms with E-state index in [1.165, 1.54) is 123 Å². The third-order valence-corrected chi connectivity index (χ3v) is 8.14. The number of carbonyl (C=O) groups is 1. The molecule has 0 heterocycles. The molecule has 0 amide bonds. The Morgan fingerprint density at radius 2 is 1.17 bits per heavy atom. The Balaban J connectivity index is 1.27. The van der Waals surface area contributed by atoms with Gasteiger partial charge < -0.3 is 9.47 Å². The van der Waals surface area contributed by atoms with E-state index in [4.69, 9.17) is 9.47 Å². The second-order valence-electron chi connectivity index (χ2n) is 11.7. The molecule has 3 aromatic carbocycles. The number of carbonyl (C=O) groups excluding carboxylic acids is 1. The number of rotatable bonds is 23. The van der Waals surface area contributed by atoms with Crippen molar-refractivity contribution in [2.24, 2.45) is 0 Å². The molecule has 0 saturated carbocycles. The van der Waals surface area contributed by atoms with Crippen molar-refractivity contribution in [1.29, 1.82) is 0 Å². The van der Waals surface area contributed by atoms with Crippen LogP contribution in [0.25, 0.3) is 21.9 Å². The summed E-state index contributed by atoms with van der Waals surface area (Å²) < 4.78 is 11.1. The second kappa shape index (κ2) is 20.8. The topological polar surface area (TPSA) is 35.5 Å². The first kappa shape index (κ1) is 33.4. The number of hydrogen-bond donors (Lipinski definition) is 0. The maximum Gasteiger partial charge on any atom is 0.330 e. The number of hydrogen-bond acceptors (Lipinski definition) is 3. The maximum absolute atomic E-state index is 11.0. The molecule has 0 fully saturated rings. The van der Waals surface area contributed by atoms with Gasteiger partial charge in [0.15, 0.2) is 0 Å². The number of esters is 1. The van der Waals surface area contributed by atoms with E-state index in [2.05, 4.69) is 74.2 Å². The molecule has 0 aliphatic carbocycles. The molecule has 0 aliphatic heterocycles. The lowest BCUT2D eigenvalue weighted by Gasteiger charge is -2.09. The summed E-state index contributed by atoms with van der Waals surface area (Å²) in [7, 11) is 0. The minimum Gasteiger partial charge on any atom is -0.494 e. The van der Waals surface area contributed by atoms with E-state index < -0.39 is 0 Å². The van der Waals surface area contributed by atoms with Gasteiger partial charge in [0.25, 0.3) is 0 Å². The van der Waals surface area contributed by atoms with E-state index in [0.29, 0.717) is 6.61 Å². The van der Waals surface area contributed by atoms with Gasteiger partial charge in [-0.05, 0) is 71.3 Å². The number of aryl methyl sites for hydroxylation is 1. The van der Waals surface area contributed by atoms with Crippen LogP contribution in [0.5, 0.6) is 5.75 Å². The standard InChI is InChI=1S/C39H54O3/c1-3-5-6-7-14-17-20-33-21-23-34(24-22-33)35-25-26-37-32-38(28-27-36(37)31-35)41-29-18-15-12-10-8-9-11-13-16-19-30-42-39(40)4-2/h4,21-28,31-32H,2-3,5-20,29-30H2,1H3. The smallest absolute Gasteiger partial charge is 0.330 e. The zero-order chi connectivity index (χ0) is 29.7. The van der Waals surface area contributed by atoms with Crippen molar-refractivity contribution in [3.05, 3.63) is 78.9 Å². The highest BCUT2D eigenvalue weighted by Crippen LogP contribution is 2.28. The van der Waals surface area contributed by atoms with Gasteiger partial charge in [0.1, 0.15) is 5.75 Å². The third-order valence-electron chi connectivity index (χ3n) is 8.14. The minimum atomic E-state index is -0.318. The summed E-state index contributed by atoms with van der Waals surface area (Å²) in [6.45, 7) is 6.98. The van der Waals surface area contributed by atoms with Gasteiger partial charge in [-0.15, -0.1) is 0 Å². The maximum atomic E-state index is 11.0. The average Bonchev–Trinajstić information content (AvgIpc) is 3.02. The van der Waals surface area contributed by atoms with Crippen LogP contribution in [0.15, 0.2) is 73.3 Å². The molecule has 0 aliphatic rings. The number of unbranched alkanes of at least 4 members (excludes halogenated alkanes) is 14. The molecular weight excluding hydrogens is 516 g/mol. The molecule has 3 aromatic rings. The monoisotopic (exact) mass is 570 g/mol. The molecule has 0 atom stereocenters. The van der Waals surface area contributed by atoms with E-state index in [1.54, 1.807) is 0 Å². The van der Waals surface area contributed by atoms with Gasteiger partial charge in [-0.3, -0.25) is 0 Å². The molecule has 0 aromatic heterocycles. The summed E-state index contributed by atoms with van der Waals surface area (Å²) in [5.41, 5.74) is 4.01.